The zero-order valence-corrected chi connectivity index (χ0v) is 13.9. The highest BCUT2D eigenvalue weighted by Crippen LogP contribution is 2.35. The number of halogens is 3. The summed E-state index contributed by atoms with van der Waals surface area (Å²) in [6.07, 6.45) is -2.64. The maximum atomic E-state index is 13.7. The number of aryl methyl sites for hydroxylation is 1. The molecule has 1 aromatic carbocycles. The van der Waals surface area contributed by atoms with Crippen LogP contribution in [-0.2, 0) is 0 Å². The van der Waals surface area contributed by atoms with E-state index in [1.165, 1.54) is 34.2 Å². The molecule has 0 aliphatic rings. The van der Waals surface area contributed by atoms with Crippen molar-refractivity contribution < 1.29 is 13.2 Å². The third-order valence-electron chi connectivity index (χ3n) is 3.92. The van der Waals surface area contributed by atoms with Crippen LogP contribution in [-0.4, -0.2) is 14.8 Å². The summed E-state index contributed by atoms with van der Waals surface area (Å²) in [6, 6.07) is 10.8. The second-order valence-electron chi connectivity index (χ2n) is 5.55. The molecule has 3 aromatic heterocycles. The van der Waals surface area contributed by atoms with E-state index in [-0.39, 0.29) is 11.4 Å². The van der Waals surface area contributed by atoms with Gasteiger partial charge in [-0.3, -0.25) is 0 Å². The van der Waals surface area contributed by atoms with Gasteiger partial charge in [0.15, 0.2) is 5.65 Å². The minimum atomic E-state index is -2.64. The van der Waals surface area contributed by atoms with Crippen LogP contribution in [0.1, 0.15) is 17.7 Å². The molecule has 0 radical (unpaired) electrons. The lowest BCUT2D eigenvalue weighted by Crippen LogP contribution is -1.99. The molecule has 0 aliphatic carbocycles. The van der Waals surface area contributed by atoms with Gasteiger partial charge in [0.25, 0.3) is 6.43 Å². The average molecular weight is 359 g/mol. The summed E-state index contributed by atoms with van der Waals surface area (Å²) in [7, 11) is 0. The van der Waals surface area contributed by atoms with Gasteiger partial charge in [-0.05, 0) is 48.7 Å². The molecule has 25 heavy (non-hydrogen) atoms. The van der Waals surface area contributed by atoms with Crippen LogP contribution < -0.4 is 0 Å². The van der Waals surface area contributed by atoms with E-state index in [9.17, 15) is 13.2 Å². The molecule has 0 aliphatic heterocycles. The van der Waals surface area contributed by atoms with Gasteiger partial charge in [0.05, 0.1) is 27.3 Å². The molecule has 0 atom stereocenters. The SMILES string of the molecule is Cc1nn(-c2ccc(F)cc2)c2nc(-c3cccs3)cc(C(F)F)c12. The van der Waals surface area contributed by atoms with Crippen molar-refractivity contribution in [2.75, 3.05) is 0 Å². The van der Waals surface area contributed by atoms with Gasteiger partial charge in [-0.1, -0.05) is 6.07 Å². The molecule has 0 spiro atoms. The Bertz CT molecular complexity index is 1040. The predicted molar refractivity (Wildman–Crippen MR) is 91.8 cm³/mol. The van der Waals surface area contributed by atoms with Gasteiger partial charge in [0, 0.05) is 5.56 Å². The van der Waals surface area contributed by atoms with E-state index in [4.69, 9.17) is 0 Å². The molecule has 0 saturated carbocycles. The highest BCUT2D eigenvalue weighted by molar-refractivity contribution is 7.13. The van der Waals surface area contributed by atoms with Crippen LogP contribution in [0.4, 0.5) is 13.2 Å². The van der Waals surface area contributed by atoms with Crippen molar-refractivity contribution in [3.63, 3.8) is 0 Å². The highest BCUT2D eigenvalue weighted by atomic mass is 32.1. The van der Waals surface area contributed by atoms with Crippen LogP contribution in [0, 0.1) is 12.7 Å². The van der Waals surface area contributed by atoms with Crippen molar-refractivity contribution >= 4 is 22.4 Å². The van der Waals surface area contributed by atoms with E-state index in [1.807, 2.05) is 17.5 Å². The molecule has 0 amide bonds. The topological polar surface area (TPSA) is 30.7 Å². The first-order valence-electron chi connectivity index (χ1n) is 7.53. The van der Waals surface area contributed by atoms with Crippen LogP contribution in [0.5, 0.6) is 0 Å². The number of fused-ring (bicyclic) bond motifs is 1. The number of aromatic nitrogens is 3. The summed E-state index contributed by atoms with van der Waals surface area (Å²) >= 11 is 1.43. The minimum absolute atomic E-state index is 0.0979. The van der Waals surface area contributed by atoms with Crippen molar-refractivity contribution in [1.29, 1.82) is 0 Å². The van der Waals surface area contributed by atoms with Crippen molar-refractivity contribution in [3.8, 4) is 16.3 Å². The Morgan fingerprint density at radius 2 is 1.88 bits per heavy atom. The van der Waals surface area contributed by atoms with Crippen LogP contribution in [0.2, 0.25) is 0 Å². The minimum Gasteiger partial charge on any atom is -0.227 e. The number of rotatable bonds is 3. The van der Waals surface area contributed by atoms with Crippen LogP contribution in [0.3, 0.4) is 0 Å². The monoisotopic (exact) mass is 359 g/mol. The maximum Gasteiger partial charge on any atom is 0.264 e. The Hall–Kier alpha value is -2.67. The zero-order chi connectivity index (χ0) is 17.6. The molecule has 126 valence electrons. The Kier molecular flexibility index (Phi) is 3.80. The van der Waals surface area contributed by atoms with E-state index >= 15 is 0 Å². The fourth-order valence-corrected chi connectivity index (χ4v) is 3.49. The lowest BCUT2D eigenvalue weighted by atomic mass is 10.1. The molecule has 0 saturated heterocycles. The Morgan fingerprint density at radius 3 is 2.52 bits per heavy atom. The van der Waals surface area contributed by atoms with Gasteiger partial charge >= 0.3 is 0 Å². The molecular formula is C18H12F3N3S. The second kappa shape index (κ2) is 6.00. The van der Waals surface area contributed by atoms with E-state index in [1.54, 1.807) is 19.1 Å². The first kappa shape index (κ1) is 15.8. The van der Waals surface area contributed by atoms with E-state index in [2.05, 4.69) is 10.1 Å². The third-order valence-corrected chi connectivity index (χ3v) is 4.82. The fourth-order valence-electron chi connectivity index (χ4n) is 2.81. The molecule has 0 N–H and O–H groups in total. The maximum absolute atomic E-state index is 13.7. The van der Waals surface area contributed by atoms with E-state index in [0.29, 0.717) is 28.1 Å². The van der Waals surface area contributed by atoms with Crippen molar-refractivity contribution in [3.05, 3.63) is 64.9 Å². The molecule has 4 aromatic rings. The summed E-state index contributed by atoms with van der Waals surface area (Å²) in [6.45, 7) is 1.67. The Morgan fingerprint density at radius 1 is 1.12 bits per heavy atom. The number of alkyl halides is 2. The first-order valence-corrected chi connectivity index (χ1v) is 8.41. The number of thiophene rings is 1. The van der Waals surface area contributed by atoms with Gasteiger partial charge in [-0.25, -0.2) is 22.8 Å². The normalized spacial score (nSPS) is 11.6. The molecule has 3 nitrogen and oxygen atoms in total. The molecular weight excluding hydrogens is 347 g/mol. The lowest BCUT2D eigenvalue weighted by molar-refractivity contribution is 0.153. The number of nitrogens with zero attached hydrogens (tertiary/aromatic N) is 3. The average Bonchev–Trinajstić information content (AvgIpc) is 3.23. The van der Waals surface area contributed by atoms with Crippen molar-refractivity contribution in [2.45, 2.75) is 13.3 Å². The smallest absolute Gasteiger partial charge is 0.227 e. The van der Waals surface area contributed by atoms with Crippen molar-refractivity contribution in [1.82, 2.24) is 14.8 Å². The summed E-state index contributed by atoms with van der Waals surface area (Å²) < 4.78 is 42.0. The van der Waals surface area contributed by atoms with E-state index < -0.39 is 6.43 Å². The van der Waals surface area contributed by atoms with E-state index in [0.717, 1.165) is 4.88 Å². The van der Waals surface area contributed by atoms with Crippen LogP contribution in [0.15, 0.2) is 47.8 Å². The van der Waals surface area contributed by atoms with Gasteiger partial charge in [-0.15, -0.1) is 11.3 Å². The van der Waals surface area contributed by atoms with Gasteiger partial charge in [0.1, 0.15) is 5.82 Å². The van der Waals surface area contributed by atoms with Gasteiger partial charge in [-0.2, -0.15) is 5.10 Å². The van der Waals surface area contributed by atoms with Gasteiger partial charge in [0.2, 0.25) is 0 Å². The predicted octanol–water partition coefficient (Wildman–Crippen LogP) is 5.53. The highest BCUT2D eigenvalue weighted by Gasteiger charge is 2.21. The zero-order valence-electron chi connectivity index (χ0n) is 13.1. The third kappa shape index (κ3) is 2.70. The summed E-state index contributed by atoms with van der Waals surface area (Å²) in [4.78, 5) is 5.36. The van der Waals surface area contributed by atoms with Crippen LogP contribution >= 0.6 is 11.3 Å². The molecule has 7 heteroatoms. The number of benzene rings is 1. The first-order chi connectivity index (χ1) is 12.0. The van der Waals surface area contributed by atoms with Crippen LogP contribution in [0.25, 0.3) is 27.3 Å². The largest absolute Gasteiger partial charge is 0.264 e. The number of hydrogen-bond donors (Lipinski definition) is 0. The lowest BCUT2D eigenvalue weighted by Gasteiger charge is -2.07. The Balaban J connectivity index is 2.03. The summed E-state index contributed by atoms with van der Waals surface area (Å²) in [5, 5.41) is 6.56. The fraction of sp³-hybridized carbons (Fsp3) is 0.111. The molecule has 0 unspecified atom stereocenters. The number of hydrogen-bond acceptors (Lipinski definition) is 3. The second-order valence-corrected chi connectivity index (χ2v) is 6.49. The standard InChI is InChI=1S/C18H12F3N3S/c1-10-16-13(17(20)21)9-14(15-3-2-8-25-15)22-18(16)24(23-10)12-6-4-11(19)5-7-12/h2-9,17H,1H3. The molecule has 3 heterocycles. The van der Waals surface area contributed by atoms with Crippen molar-refractivity contribution in [2.24, 2.45) is 0 Å². The number of pyridine rings is 1. The molecule has 0 fully saturated rings. The molecule has 4 rings (SSSR count). The Labute approximate surface area is 145 Å². The van der Waals surface area contributed by atoms with Gasteiger partial charge < -0.3 is 0 Å². The summed E-state index contributed by atoms with van der Waals surface area (Å²) in [5.41, 5.74) is 1.74. The molecule has 0 bridgehead atoms. The quantitative estimate of drug-likeness (QED) is 0.481. The summed E-state index contributed by atoms with van der Waals surface area (Å²) in [5.74, 6) is -0.377.